The van der Waals surface area contributed by atoms with Gasteiger partial charge in [-0.3, -0.25) is 9.59 Å². The minimum Gasteiger partial charge on any atom is -0.342 e. The van der Waals surface area contributed by atoms with Gasteiger partial charge >= 0.3 is 0 Å². The third-order valence-electron chi connectivity index (χ3n) is 4.89. The van der Waals surface area contributed by atoms with E-state index in [1.54, 1.807) is 15.9 Å². The van der Waals surface area contributed by atoms with Crippen LogP contribution in [0.25, 0.3) is 0 Å². The molecule has 148 valence electrons. The fourth-order valence-electron chi connectivity index (χ4n) is 3.33. The molecule has 0 N–H and O–H groups in total. The molecule has 0 radical (unpaired) electrons. The summed E-state index contributed by atoms with van der Waals surface area (Å²) in [5.41, 5.74) is 0. The molecule has 0 bridgehead atoms. The summed E-state index contributed by atoms with van der Waals surface area (Å²) in [4.78, 5) is 27.3. The van der Waals surface area contributed by atoms with Crippen LogP contribution in [0.5, 0.6) is 0 Å². The van der Waals surface area contributed by atoms with Gasteiger partial charge in [0.15, 0.2) is 0 Å². The fourth-order valence-corrected chi connectivity index (χ4v) is 5.49. The first-order chi connectivity index (χ1) is 12.8. The first-order valence-corrected chi connectivity index (χ1v) is 11.0. The molecule has 10 heteroatoms. The number of sulfonamides is 1. The zero-order valence-electron chi connectivity index (χ0n) is 14.7. The van der Waals surface area contributed by atoms with Gasteiger partial charge in [-0.1, -0.05) is 29.3 Å². The second-order valence-corrected chi connectivity index (χ2v) is 9.26. The molecular weight excluding hydrogens is 413 g/mol. The number of rotatable bonds is 5. The van der Waals surface area contributed by atoms with Crippen LogP contribution in [-0.2, 0) is 19.6 Å². The van der Waals surface area contributed by atoms with Crippen LogP contribution in [0, 0.1) is 0 Å². The molecule has 27 heavy (non-hydrogen) atoms. The number of benzene rings is 1. The molecule has 3 rings (SSSR count). The van der Waals surface area contributed by atoms with Crippen molar-refractivity contribution in [3.05, 3.63) is 28.2 Å². The molecule has 0 aromatic heterocycles. The smallest absolute Gasteiger partial charge is 0.244 e. The maximum absolute atomic E-state index is 12.8. The van der Waals surface area contributed by atoms with Crippen LogP contribution in [-0.4, -0.2) is 73.6 Å². The number of piperazine rings is 1. The fraction of sp³-hybridized carbons (Fsp3) is 0.529. The van der Waals surface area contributed by atoms with Gasteiger partial charge in [0.2, 0.25) is 21.8 Å². The molecule has 1 aromatic carbocycles. The third-order valence-corrected chi connectivity index (χ3v) is 7.76. The maximum Gasteiger partial charge on any atom is 0.244 e. The average molecular weight is 434 g/mol. The van der Waals surface area contributed by atoms with Crippen molar-refractivity contribution in [2.75, 3.05) is 39.3 Å². The number of carbonyl (C=O) groups is 2. The highest BCUT2D eigenvalue weighted by molar-refractivity contribution is 7.89. The number of carbonyl (C=O) groups excluding carboxylic acids is 2. The van der Waals surface area contributed by atoms with Crippen molar-refractivity contribution in [3.8, 4) is 0 Å². The number of hydrogen-bond donors (Lipinski definition) is 0. The molecule has 2 amide bonds. The van der Waals surface area contributed by atoms with Gasteiger partial charge in [-0.05, 0) is 18.6 Å². The molecule has 1 aromatic rings. The van der Waals surface area contributed by atoms with Gasteiger partial charge in [0, 0.05) is 52.1 Å². The summed E-state index contributed by atoms with van der Waals surface area (Å²) in [5, 5.41) is 0.191. The second kappa shape index (κ2) is 8.34. The summed E-state index contributed by atoms with van der Waals surface area (Å²) in [6.45, 7) is 2.14. The Kier molecular flexibility index (Phi) is 6.30. The van der Waals surface area contributed by atoms with E-state index in [2.05, 4.69) is 0 Å². The molecule has 2 heterocycles. The molecule has 7 nitrogen and oxygen atoms in total. The predicted octanol–water partition coefficient (Wildman–Crippen LogP) is 1.84. The molecule has 2 saturated heterocycles. The van der Waals surface area contributed by atoms with Crippen molar-refractivity contribution >= 4 is 45.0 Å². The molecule has 2 aliphatic heterocycles. The molecular formula is C17H21Cl2N3O4S. The second-order valence-electron chi connectivity index (χ2n) is 6.57. The number of halogens is 2. The highest BCUT2D eigenvalue weighted by Gasteiger charge is 2.32. The normalized spacial score (nSPS) is 19.0. The van der Waals surface area contributed by atoms with E-state index in [4.69, 9.17) is 23.2 Å². The summed E-state index contributed by atoms with van der Waals surface area (Å²) >= 11 is 12.0. The molecule has 0 atom stereocenters. The van der Waals surface area contributed by atoms with Crippen molar-refractivity contribution in [2.24, 2.45) is 0 Å². The van der Waals surface area contributed by atoms with E-state index < -0.39 is 10.0 Å². The van der Waals surface area contributed by atoms with Gasteiger partial charge < -0.3 is 9.80 Å². The Morgan fingerprint density at radius 3 is 2.41 bits per heavy atom. The minimum atomic E-state index is -3.77. The quantitative estimate of drug-likeness (QED) is 0.709. The van der Waals surface area contributed by atoms with Gasteiger partial charge in [0.05, 0.1) is 10.0 Å². The monoisotopic (exact) mass is 433 g/mol. The van der Waals surface area contributed by atoms with Crippen LogP contribution < -0.4 is 0 Å². The lowest BCUT2D eigenvalue weighted by molar-refractivity contribution is -0.133. The average Bonchev–Trinajstić information content (AvgIpc) is 3.07. The largest absolute Gasteiger partial charge is 0.342 e. The first kappa shape index (κ1) is 20.4. The highest BCUT2D eigenvalue weighted by Crippen LogP contribution is 2.31. The Morgan fingerprint density at radius 1 is 1.07 bits per heavy atom. The summed E-state index contributed by atoms with van der Waals surface area (Å²) in [6, 6.07) is 4.50. The van der Waals surface area contributed by atoms with Crippen LogP contribution in [0.3, 0.4) is 0 Å². The van der Waals surface area contributed by atoms with Crippen LogP contribution in [0.15, 0.2) is 23.1 Å². The lowest BCUT2D eigenvalue weighted by Gasteiger charge is -2.34. The predicted molar refractivity (Wildman–Crippen MR) is 102 cm³/mol. The van der Waals surface area contributed by atoms with E-state index in [-0.39, 0.29) is 46.3 Å². The van der Waals surface area contributed by atoms with Gasteiger partial charge in [0.1, 0.15) is 4.90 Å². The van der Waals surface area contributed by atoms with Gasteiger partial charge in [0.25, 0.3) is 0 Å². The zero-order chi connectivity index (χ0) is 19.6. The summed E-state index contributed by atoms with van der Waals surface area (Å²) in [6.07, 6.45) is 1.66. The van der Waals surface area contributed by atoms with E-state index in [1.807, 2.05) is 0 Å². The molecule has 2 aliphatic rings. The Morgan fingerprint density at radius 2 is 1.78 bits per heavy atom. The topological polar surface area (TPSA) is 78.0 Å². The lowest BCUT2D eigenvalue weighted by Crippen LogP contribution is -2.51. The Labute approximate surface area is 168 Å². The van der Waals surface area contributed by atoms with Crippen molar-refractivity contribution in [1.82, 2.24) is 14.1 Å². The molecule has 0 saturated carbocycles. The molecule has 2 fully saturated rings. The van der Waals surface area contributed by atoms with E-state index >= 15 is 0 Å². The lowest BCUT2D eigenvalue weighted by atomic mass is 10.3. The summed E-state index contributed by atoms with van der Waals surface area (Å²) < 4.78 is 26.9. The van der Waals surface area contributed by atoms with Crippen LogP contribution >= 0.6 is 23.2 Å². The van der Waals surface area contributed by atoms with Gasteiger partial charge in [-0.25, -0.2) is 8.42 Å². The highest BCUT2D eigenvalue weighted by atomic mass is 35.5. The van der Waals surface area contributed by atoms with E-state index in [9.17, 15) is 18.0 Å². The Hall–Kier alpha value is -1.35. The molecule has 0 unspecified atom stereocenters. The van der Waals surface area contributed by atoms with Crippen molar-refractivity contribution < 1.29 is 18.0 Å². The maximum atomic E-state index is 12.8. The summed E-state index contributed by atoms with van der Waals surface area (Å²) in [5.74, 6) is 0.0321. The number of likely N-dealkylation sites (tertiary alicyclic amines) is 1. The summed E-state index contributed by atoms with van der Waals surface area (Å²) in [7, 11) is -3.77. The first-order valence-electron chi connectivity index (χ1n) is 8.80. The van der Waals surface area contributed by atoms with Crippen LogP contribution in [0.2, 0.25) is 10.0 Å². The molecule has 0 spiro atoms. The SMILES string of the molecule is O=C1CCCN1CCC(=O)N1CCN(S(=O)(=O)c2cccc(Cl)c2Cl)CC1. The van der Waals surface area contributed by atoms with Gasteiger partial charge in [-0.15, -0.1) is 0 Å². The van der Waals surface area contributed by atoms with Crippen LogP contribution in [0.1, 0.15) is 19.3 Å². The van der Waals surface area contributed by atoms with E-state index in [0.29, 0.717) is 32.6 Å². The third kappa shape index (κ3) is 4.39. The Balaban J connectivity index is 1.57. The van der Waals surface area contributed by atoms with Crippen molar-refractivity contribution in [2.45, 2.75) is 24.2 Å². The van der Waals surface area contributed by atoms with Crippen molar-refractivity contribution in [3.63, 3.8) is 0 Å². The minimum absolute atomic E-state index is 0.00736. The van der Waals surface area contributed by atoms with Gasteiger partial charge in [-0.2, -0.15) is 4.31 Å². The number of nitrogens with zero attached hydrogens (tertiary/aromatic N) is 3. The van der Waals surface area contributed by atoms with E-state index in [1.165, 1.54) is 16.4 Å². The standard InChI is InChI=1S/C17H21Cl2N3O4S/c18-13-3-1-4-14(17(13)19)27(25,26)22-11-9-21(10-12-22)16(24)6-8-20-7-2-5-15(20)23/h1,3-4H,2,5-12H2. The zero-order valence-corrected chi connectivity index (χ0v) is 17.1. The number of amides is 2. The van der Waals surface area contributed by atoms with Crippen LogP contribution in [0.4, 0.5) is 0 Å². The van der Waals surface area contributed by atoms with Crippen molar-refractivity contribution in [1.29, 1.82) is 0 Å². The van der Waals surface area contributed by atoms with E-state index in [0.717, 1.165) is 6.42 Å². The number of hydrogen-bond acceptors (Lipinski definition) is 4. The Bertz CT molecular complexity index is 839. The molecule has 0 aliphatic carbocycles.